The second-order valence-electron chi connectivity index (χ2n) is 4.25. The number of urea groups is 1. The molecule has 0 saturated carbocycles. The minimum absolute atomic E-state index is 0.0311. The van der Waals surface area contributed by atoms with E-state index in [2.05, 4.69) is 15.6 Å². The molecule has 2 N–H and O–H groups in total. The Morgan fingerprint density at radius 3 is 2.52 bits per heavy atom. The van der Waals surface area contributed by atoms with E-state index in [1.165, 1.54) is 18.3 Å². The van der Waals surface area contributed by atoms with E-state index in [1.54, 1.807) is 36.5 Å². The van der Waals surface area contributed by atoms with Gasteiger partial charge in [0.05, 0.1) is 22.5 Å². The highest BCUT2D eigenvalue weighted by Crippen LogP contribution is 2.09. The van der Waals surface area contributed by atoms with Gasteiger partial charge in [0.15, 0.2) is 9.84 Å². The lowest BCUT2D eigenvalue weighted by Crippen LogP contribution is -2.32. The highest BCUT2D eigenvalue weighted by Gasteiger charge is 2.13. The molecule has 0 bridgehead atoms. The van der Waals surface area contributed by atoms with Gasteiger partial charge in [0.25, 0.3) is 0 Å². The first-order valence-electron chi connectivity index (χ1n) is 6.30. The average Bonchev–Trinajstić information content (AvgIpc) is 2.49. The molecule has 0 atom stereocenters. The first-order chi connectivity index (χ1) is 10.1. The number of nitrogens with one attached hydrogen (secondary N) is 2. The number of nitrogens with zero attached hydrogens (tertiary/aromatic N) is 1. The molecule has 2 rings (SSSR count). The minimum atomic E-state index is -3.38. The smallest absolute Gasteiger partial charge is 0.319 e. The number of hydrogen-bond acceptors (Lipinski definition) is 4. The maximum absolute atomic E-state index is 12.0. The highest BCUT2D eigenvalue weighted by atomic mass is 32.2. The van der Waals surface area contributed by atoms with Gasteiger partial charge in [-0.05, 0) is 24.3 Å². The van der Waals surface area contributed by atoms with E-state index in [0.29, 0.717) is 5.69 Å². The fourth-order valence-electron chi connectivity index (χ4n) is 1.66. The van der Waals surface area contributed by atoms with Crippen molar-refractivity contribution in [2.45, 2.75) is 4.90 Å². The number of amides is 2. The topological polar surface area (TPSA) is 88.2 Å². The van der Waals surface area contributed by atoms with E-state index in [9.17, 15) is 13.2 Å². The lowest BCUT2D eigenvalue weighted by atomic mass is 10.4. The summed E-state index contributed by atoms with van der Waals surface area (Å²) >= 11 is 0. The second-order valence-corrected chi connectivity index (χ2v) is 6.36. The molecule has 0 spiro atoms. The number of pyridine rings is 1. The van der Waals surface area contributed by atoms with Crippen molar-refractivity contribution in [3.63, 3.8) is 0 Å². The average molecular weight is 305 g/mol. The molecule has 0 radical (unpaired) electrons. The highest BCUT2D eigenvalue weighted by molar-refractivity contribution is 7.91. The number of hydrogen-bond donors (Lipinski definition) is 2. The molecule has 0 fully saturated rings. The number of aromatic nitrogens is 1. The summed E-state index contributed by atoms with van der Waals surface area (Å²) in [7, 11) is -3.38. The van der Waals surface area contributed by atoms with E-state index < -0.39 is 15.9 Å². The Balaban J connectivity index is 1.83. The van der Waals surface area contributed by atoms with Gasteiger partial charge in [-0.25, -0.2) is 13.2 Å². The van der Waals surface area contributed by atoms with Crippen molar-refractivity contribution in [2.24, 2.45) is 0 Å². The molecule has 0 saturated heterocycles. The molecule has 110 valence electrons. The van der Waals surface area contributed by atoms with Gasteiger partial charge in [-0.1, -0.05) is 18.2 Å². The lowest BCUT2D eigenvalue weighted by Gasteiger charge is -2.08. The van der Waals surface area contributed by atoms with E-state index >= 15 is 0 Å². The molecule has 2 aromatic rings. The Bertz CT molecular complexity index is 688. The van der Waals surface area contributed by atoms with E-state index in [0.717, 1.165) is 0 Å². The number of sulfone groups is 1. The van der Waals surface area contributed by atoms with Crippen LogP contribution < -0.4 is 10.6 Å². The number of anilines is 1. The zero-order chi connectivity index (χ0) is 15.1. The van der Waals surface area contributed by atoms with Crippen molar-refractivity contribution in [1.29, 1.82) is 0 Å². The number of carbonyl (C=O) groups excluding carboxylic acids is 1. The molecule has 2 amide bonds. The third-order valence-electron chi connectivity index (χ3n) is 2.68. The van der Waals surface area contributed by atoms with Crippen LogP contribution in [0.15, 0.2) is 59.8 Å². The number of rotatable bonds is 5. The standard InChI is InChI=1S/C14H15N3O3S/c18-14(17-12-5-4-8-15-11-12)16-9-10-21(19,20)13-6-2-1-3-7-13/h1-8,11H,9-10H2,(H2,16,17,18). The van der Waals surface area contributed by atoms with Gasteiger partial charge in [0.1, 0.15) is 0 Å². The molecular weight excluding hydrogens is 290 g/mol. The quantitative estimate of drug-likeness (QED) is 0.879. The van der Waals surface area contributed by atoms with E-state index in [1.807, 2.05) is 0 Å². The van der Waals surface area contributed by atoms with Gasteiger partial charge in [0, 0.05) is 12.7 Å². The normalized spacial score (nSPS) is 10.9. The first-order valence-corrected chi connectivity index (χ1v) is 7.96. The van der Waals surface area contributed by atoms with Crippen LogP contribution in [0.25, 0.3) is 0 Å². The minimum Gasteiger partial charge on any atom is -0.337 e. The molecular formula is C14H15N3O3S. The number of carbonyl (C=O) groups is 1. The van der Waals surface area contributed by atoms with Crippen LogP contribution in [0.1, 0.15) is 0 Å². The van der Waals surface area contributed by atoms with Crippen molar-refractivity contribution in [3.05, 3.63) is 54.9 Å². The Morgan fingerprint density at radius 2 is 1.86 bits per heavy atom. The predicted molar refractivity (Wildman–Crippen MR) is 79.8 cm³/mol. The Hall–Kier alpha value is -2.41. The third kappa shape index (κ3) is 4.57. The summed E-state index contributed by atoms with van der Waals surface area (Å²) < 4.78 is 24.0. The monoisotopic (exact) mass is 305 g/mol. The summed E-state index contributed by atoms with van der Waals surface area (Å²) in [6.45, 7) is 0.0311. The molecule has 1 aromatic heterocycles. The van der Waals surface area contributed by atoms with Crippen LogP contribution in [0, 0.1) is 0 Å². The van der Waals surface area contributed by atoms with Gasteiger partial charge in [-0.15, -0.1) is 0 Å². The summed E-state index contributed by atoms with van der Waals surface area (Å²) in [4.78, 5) is 15.7. The van der Waals surface area contributed by atoms with Gasteiger partial charge in [-0.2, -0.15) is 0 Å². The van der Waals surface area contributed by atoms with E-state index in [-0.39, 0.29) is 17.2 Å². The summed E-state index contributed by atoms with van der Waals surface area (Å²) in [6, 6.07) is 11.0. The Kier molecular flexibility index (Phi) is 4.89. The fraction of sp³-hybridized carbons (Fsp3) is 0.143. The maximum Gasteiger partial charge on any atom is 0.319 e. The van der Waals surface area contributed by atoms with Crippen molar-refractivity contribution < 1.29 is 13.2 Å². The van der Waals surface area contributed by atoms with Crippen LogP contribution in [0.2, 0.25) is 0 Å². The van der Waals surface area contributed by atoms with Crippen LogP contribution >= 0.6 is 0 Å². The van der Waals surface area contributed by atoms with Crippen molar-refractivity contribution >= 4 is 21.6 Å². The fourth-order valence-corrected chi connectivity index (χ4v) is 2.83. The van der Waals surface area contributed by atoms with Gasteiger partial charge in [-0.3, -0.25) is 4.98 Å². The van der Waals surface area contributed by atoms with Crippen molar-refractivity contribution in [1.82, 2.24) is 10.3 Å². The summed E-state index contributed by atoms with van der Waals surface area (Å²) in [5.41, 5.74) is 0.543. The lowest BCUT2D eigenvalue weighted by molar-refractivity contribution is 0.252. The van der Waals surface area contributed by atoms with Crippen LogP contribution in [0.4, 0.5) is 10.5 Å². The SMILES string of the molecule is O=C(NCCS(=O)(=O)c1ccccc1)Nc1cccnc1. The molecule has 1 aromatic carbocycles. The second kappa shape index (κ2) is 6.85. The zero-order valence-electron chi connectivity index (χ0n) is 11.2. The molecule has 7 heteroatoms. The summed E-state index contributed by atoms with van der Waals surface area (Å²) in [5.74, 6) is -0.155. The first kappa shape index (κ1) is 15.0. The maximum atomic E-state index is 12.0. The van der Waals surface area contributed by atoms with E-state index in [4.69, 9.17) is 0 Å². The van der Waals surface area contributed by atoms with Gasteiger partial charge >= 0.3 is 6.03 Å². The third-order valence-corrected chi connectivity index (χ3v) is 4.41. The van der Waals surface area contributed by atoms with Crippen molar-refractivity contribution in [2.75, 3.05) is 17.6 Å². The van der Waals surface area contributed by atoms with Crippen molar-refractivity contribution in [3.8, 4) is 0 Å². The molecule has 21 heavy (non-hydrogen) atoms. The van der Waals surface area contributed by atoms with Crippen LogP contribution in [-0.4, -0.2) is 31.7 Å². The molecule has 1 heterocycles. The molecule has 0 aliphatic rings. The molecule has 0 unspecified atom stereocenters. The summed E-state index contributed by atoms with van der Waals surface area (Å²) in [5, 5.41) is 5.06. The summed E-state index contributed by atoms with van der Waals surface area (Å²) in [6.07, 6.45) is 3.09. The molecule has 0 aliphatic heterocycles. The van der Waals surface area contributed by atoms with Gasteiger partial charge < -0.3 is 10.6 Å². The predicted octanol–water partition coefficient (Wildman–Crippen LogP) is 1.68. The molecule has 0 aliphatic carbocycles. The Morgan fingerprint density at radius 1 is 1.10 bits per heavy atom. The van der Waals surface area contributed by atoms with Crippen LogP contribution in [0.5, 0.6) is 0 Å². The van der Waals surface area contributed by atoms with Crippen LogP contribution in [0.3, 0.4) is 0 Å². The number of benzene rings is 1. The van der Waals surface area contributed by atoms with Crippen LogP contribution in [-0.2, 0) is 9.84 Å². The Labute approximate surface area is 123 Å². The zero-order valence-corrected chi connectivity index (χ0v) is 12.0. The van der Waals surface area contributed by atoms with Gasteiger partial charge in [0.2, 0.25) is 0 Å². The largest absolute Gasteiger partial charge is 0.337 e. The molecule has 6 nitrogen and oxygen atoms in total.